The minimum absolute atomic E-state index is 0.159. The molecule has 0 bridgehead atoms. The van der Waals surface area contributed by atoms with E-state index in [1.54, 1.807) is 0 Å². The largest absolute Gasteiger partial charge is 0.389 e. The monoisotopic (exact) mass is 337 g/mol. The molecule has 0 atom stereocenters. The Hall–Kier alpha value is -3.29. The lowest BCUT2D eigenvalue weighted by molar-refractivity contribution is 0.127. The van der Waals surface area contributed by atoms with Crippen LogP contribution in [0.4, 0.5) is 5.95 Å². The van der Waals surface area contributed by atoms with Crippen molar-refractivity contribution in [2.24, 2.45) is 5.16 Å². The normalized spacial score (nSPS) is 11.5. The van der Waals surface area contributed by atoms with Gasteiger partial charge in [-0.05, 0) is 48.4 Å². The summed E-state index contributed by atoms with van der Waals surface area (Å²) in [4.78, 5) is 11.2. The number of oxime groups is 1. The lowest BCUT2D eigenvalue weighted by atomic mass is 10.1. The van der Waals surface area contributed by atoms with E-state index in [1.807, 2.05) is 56.3 Å². The van der Waals surface area contributed by atoms with Crippen molar-refractivity contribution in [1.29, 1.82) is 0 Å². The lowest BCUT2D eigenvalue weighted by Gasteiger charge is -2.05. The van der Waals surface area contributed by atoms with Gasteiger partial charge in [0.1, 0.15) is 0 Å². The van der Waals surface area contributed by atoms with Gasteiger partial charge < -0.3 is 10.6 Å². The molecule has 2 heterocycles. The molecule has 3 aromatic rings. The number of hydrogen-bond donors (Lipinski definition) is 1. The number of benzene rings is 1. The number of nitrogen functional groups attached to an aromatic ring is 1. The molecule has 8 heteroatoms. The highest BCUT2D eigenvalue weighted by molar-refractivity contribution is 5.98. The molecule has 128 valence electrons. The fourth-order valence-electron chi connectivity index (χ4n) is 2.31. The number of aryl methyl sites for hydroxylation is 1. The first-order chi connectivity index (χ1) is 12.1. The van der Waals surface area contributed by atoms with E-state index in [2.05, 4.69) is 25.6 Å². The molecular formula is C17H19N7O. The molecule has 1 aromatic carbocycles. The van der Waals surface area contributed by atoms with Gasteiger partial charge in [0.05, 0.1) is 18.0 Å². The molecule has 2 N–H and O–H groups in total. The maximum atomic E-state index is 5.48. The zero-order valence-corrected chi connectivity index (χ0v) is 14.1. The minimum Gasteiger partial charge on any atom is -0.389 e. The van der Waals surface area contributed by atoms with Crippen LogP contribution in [0.15, 0.2) is 47.6 Å². The highest BCUT2D eigenvalue weighted by atomic mass is 16.6. The quantitative estimate of drug-likeness (QED) is 0.544. The van der Waals surface area contributed by atoms with Gasteiger partial charge in [-0.25, -0.2) is 0 Å². The molecule has 0 radical (unpaired) electrons. The van der Waals surface area contributed by atoms with E-state index in [0.717, 1.165) is 28.2 Å². The summed E-state index contributed by atoms with van der Waals surface area (Å²) in [7, 11) is 0. The molecule has 25 heavy (non-hydrogen) atoms. The summed E-state index contributed by atoms with van der Waals surface area (Å²) in [5, 5.41) is 15.7. The van der Waals surface area contributed by atoms with Gasteiger partial charge in [0, 0.05) is 5.69 Å². The van der Waals surface area contributed by atoms with Crippen molar-refractivity contribution in [1.82, 2.24) is 25.2 Å². The van der Waals surface area contributed by atoms with Crippen LogP contribution in [-0.4, -0.2) is 30.9 Å². The molecule has 0 aliphatic carbocycles. The van der Waals surface area contributed by atoms with Crippen LogP contribution in [0, 0.1) is 6.92 Å². The summed E-state index contributed by atoms with van der Waals surface area (Å²) in [6, 6.07) is 13.7. The van der Waals surface area contributed by atoms with Crippen molar-refractivity contribution in [2.75, 3.05) is 5.73 Å². The smallest absolute Gasteiger partial charge is 0.260 e. The number of anilines is 1. The Morgan fingerprint density at radius 3 is 2.84 bits per heavy atom. The Labute approximate surface area is 145 Å². The Kier molecular flexibility index (Phi) is 4.98. The predicted molar refractivity (Wildman–Crippen MR) is 93.7 cm³/mol. The Bertz CT molecular complexity index is 888. The average Bonchev–Trinajstić information content (AvgIpc) is 3.00. The lowest BCUT2D eigenvalue weighted by Crippen LogP contribution is -2.06. The molecule has 0 fully saturated rings. The number of rotatable bonds is 6. The first kappa shape index (κ1) is 16.6. The van der Waals surface area contributed by atoms with Crippen molar-refractivity contribution < 1.29 is 4.84 Å². The third-order valence-electron chi connectivity index (χ3n) is 3.50. The van der Waals surface area contributed by atoms with Crippen LogP contribution in [0.3, 0.4) is 0 Å². The van der Waals surface area contributed by atoms with Crippen LogP contribution in [0.2, 0.25) is 0 Å². The number of hydrogen-bond acceptors (Lipinski definition) is 7. The number of aromatic nitrogens is 5. The zero-order chi connectivity index (χ0) is 17.6. The van der Waals surface area contributed by atoms with Gasteiger partial charge in [0.25, 0.3) is 5.95 Å². The number of nitrogens with two attached hydrogens (primary N) is 1. The van der Waals surface area contributed by atoms with Gasteiger partial charge in [0.15, 0.2) is 6.61 Å². The summed E-state index contributed by atoms with van der Waals surface area (Å²) in [5.74, 6) is 0.159. The summed E-state index contributed by atoms with van der Waals surface area (Å²) < 4.78 is 0. The molecule has 2 aromatic heterocycles. The van der Waals surface area contributed by atoms with Crippen LogP contribution in [0.25, 0.3) is 0 Å². The van der Waals surface area contributed by atoms with E-state index in [9.17, 15) is 0 Å². The fraction of sp³-hybridized carbons (Fsp3) is 0.235. The first-order valence-corrected chi connectivity index (χ1v) is 7.82. The average molecular weight is 337 g/mol. The van der Waals surface area contributed by atoms with Gasteiger partial charge in [-0.1, -0.05) is 34.5 Å². The van der Waals surface area contributed by atoms with Gasteiger partial charge in [-0.2, -0.15) is 4.80 Å². The maximum Gasteiger partial charge on any atom is 0.260 e. The molecule has 0 aliphatic heterocycles. The summed E-state index contributed by atoms with van der Waals surface area (Å²) >= 11 is 0. The molecule has 0 saturated heterocycles. The third-order valence-corrected chi connectivity index (χ3v) is 3.50. The Morgan fingerprint density at radius 2 is 2.08 bits per heavy atom. The second-order valence-corrected chi connectivity index (χ2v) is 5.60. The van der Waals surface area contributed by atoms with Crippen LogP contribution >= 0.6 is 0 Å². The van der Waals surface area contributed by atoms with Crippen LogP contribution in [-0.2, 0) is 18.0 Å². The number of nitrogens with zero attached hydrogens (tertiary/aromatic N) is 6. The van der Waals surface area contributed by atoms with Crippen LogP contribution in [0.5, 0.6) is 0 Å². The topological polar surface area (TPSA) is 104 Å². The minimum atomic E-state index is 0.159. The van der Waals surface area contributed by atoms with Crippen molar-refractivity contribution in [3.8, 4) is 0 Å². The SMILES string of the molecule is CC(=NOCc1cccc(C)n1)c1cccc(Cn2nnc(N)n2)c1. The van der Waals surface area contributed by atoms with E-state index in [4.69, 9.17) is 10.6 Å². The summed E-state index contributed by atoms with van der Waals surface area (Å²) in [5.41, 5.74) is 10.0. The molecule has 3 rings (SSSR count). The molecule has 0 saturated carbocycles. The molecular weight excluding hydrogens is 318 g/mol. The first-order valence-electron chi connectivity index (χ1n) is 7.82. The molecule has 0 unspecified atom stereocenters. The van der Waals surface area contributed by atoms with E-state index >= 15 is 0 Å². The second kappa shape index (κ2) is 7.52. The van der Waals surface area contributed by atoms with Crippen LogP contribution in [0.1, 0.15) is 29.4 Å². The third kappa shape index (κ3) is 4.60. The van der Waals surface area contributed by atoms with Crippen molar-refractivity contribution in [3.63, 3.8) is 0 Å². The summed E-state index contributed by atoms with van der Waals surface area (Å²) in [6.45, 7) is 4.66. The number of pyridine rings is 1. The standard InChI is InChI=1S/C17H19N7O/c1-12-5-3-8-16(19-12)11-25-22-13(2)15-7-4-6-14(9-15)10-24-21-17(18)20-23-24/h3-9H,10-11H2,1-2H3,(H2,18,21). The van der Waals surface area contributed by atoms with E-state index in [-0.39, 0.29) is 5.95 Å². The Balaban J connectivity index is 1.65. The fourth-order valence-corrected chi connectivity index (χ4v) is 2.31. The highest BCUT2D eigenvalue weighted by Gasteiger charge is 2.04. The predicted octanol–water partition coefficient (Wildman–Crippen LogP) is 1.95. The van der Waals surface area contributed by atoms with Crippen LogP contribution < -0.4 is 5.73 Å². The van der Waals surface area contributed by atoms with Gasteiger partial charge >= 0.3 is 0 Å². The molecule has 0 spiro atoms. The van der Waals surface area contributed by atoms with Gasteiger partial charge in [0.2, 0.25) is 0 Å². The van der Waals surface area contributed by atoms with Crippen molar-refractivity contribution >= 4 is 11.7 Å². The highest BCUT2D eigenvalue weighted by Crippen LogP contribution is 2.09. The second-order valence-electron chi connectivity index (χ2n) is 5.60. The van der Waals surface area contributed by atoms with E-state index in [0.29, 0.717) is 13.2 Å². The summed E-state index contributed by atoms with van der Waals surface area (Å²) in [6.07, 6.45) is 0. The van der Waals surface area contributed by atoms with Gasteiger partial charge in [-0.3, -0.25) is 4.98 Å². The van der Waals surface area contributed by atoms with Gasteiger partial charge in [-0.15, -0.1) is 5.10 Å². The van der Waals surface area contributed by atoms with Crippen molar-refractivity contribution in [2.45, 2.75) is 27.0 Å². The zero-order valence-electron chi connectivity index (χ0n) is 14.1. The maximum absolute atomic E-state index is 5.48. The molecule has 0 aliphatic rings. The Morgan fingerprint density at radius 1 is 1.24 bits per heavy atom. The molecule has 0 amide bonds. The van der Waals surface area contributed by atoms with Crippen molar-refractivity contribution in [3.05, 3.63) is 65.0 Å². The van der Waals surface area contributed by atoms with E-state index < -0.39 is 0 Å². The van der Waals surface area contributed by atoms with E-state index in [1.165, 1.54) is 4.80 Å². The molecule has 8 nitrogen and oxygen atoms in total. The number of tetrazole rings is 1.